The van der Waals surface area contributed by atoms with Gasteiger partial charge in [0.15, 0.2) is 0 Å². The fourth-order valence-electron chi connectivity index (χ4n) is 3.31. The number of carbonyl (C=O) groups is 1. The van der Waals surface area contributed by atoms with Gasteiger partial charge in [0.2, 0.25) is 5.91 Å². The number of halogens is 1. The van der Waals surface area contributed by atoms with Gasteiger partial charge in [0.25, 0.3) is 0 Å². The summed E-state index contributed by atoms with van der Waals surface area (Å²) in [6, 6.07) is 9.67. The first-order chi connectivity index (χ1) is 12.9. The van der Waals surface area contributed by atoms with Gasteiger partial charge in [-0.15, -0.1) is 0 Å². The molecule has 1 unspecified atom stereocenters. The Bertz CT molecular complexity index is 754. The Kier molecular flexibility index (Phi) is 6.52. The van der Waals surface area contributed by atoms with E-state index in [4.69, 9.17) is 16.1 Å². The predicted molar refractivity (Wildman–Crippen MR) is 106 cm³/mol. The number of rotatable bonds is 6. The van der Waals surface area contributed by atoms with Crippen molar-refractivity contribution in [1.29, 1.82) is 0 Å². The molecule has 0 spiro atoms. The molecule has 2 heterocycles. The number of hydrogen-bond donors (Lipinski definition) is 0. The molecular weight excluding hydrogens is 364 g/mol. The van der Waals surface area contributed by atoms with Gasteiger partial charge in [0, 0.05) is 50.9 Å². The lowest BCUT2D eigenvalue weighted by Gasteiger charge is -2.35. The Morgan fingerprint density at radius 2 is 1.85 bits per heavy atom. The smallest absolute Gasteiger partial charge is 0.236 e. The molecule has 1 amide bonds. The lowest BCUT2D eigenvalue weighted by atomic mass is 10.1. The van der Waals surface area contributed by atoms with Gasteiger partial charge in [-0.05, 0) is 31.5 Å². The zero-order valence-corrected chi connectivity index (χ0v) is 16.9. The first kappa shape index (κ1) is 19.9. The Morgan fingerprint density at radius 1 is 1.22 bits per heavy atom. The SMILES string of the molecule is Cc1cc(CN2CCN(CC(=O)N(C)C(C)c3ccc(Cl)cc3)CC2)no1. The highest BCUT2D eigenvalue weighted by atomic mass is 35.5. The topological polar surface area (TPSA) is 52.8 Å². The van der Waals surface area contributed by atoms with E-state index in [1.165, 1.54) is 0 Å². The van der Waals surface area contributed by atoms with Crippen molar-refractivity contribution in [3.8, 4) is 0 Å². The van der Waals surface area contributed by atoms with Gasteiger partial charge in [-0.2, -0.15) is 0 Å². The number of nitrogens with zero attached hydrogens (tertiary/aromatic N) is 4. The molecule has 0 aliphatic carbocycles. The van der Waals surface area contributed by atoms with Crippen molar-refractivity contribution in [2.24, 2.45) is 0 Å². The largest absolute Gasteiger partial charge is 0.361 e. The van der Waals surface area contributed by atoms with Crippen LogP contribution in [0.5, 0.6) is 0 Å². The van der Waals surface area contributed by atoms with E-state index in [2.05, 4.69) is 15.0 Å². The van der Waals surface area contributed by atoms with Crippen molar-refractivity contribution in [1.82, 2.24) is 19.9 Å². The molecule has 0 radical (unpaired) electrons. The number of likely N-dealkylation sites (N-methyl/N-ethyl adjacent to an activating group) is 1. The molecule has 2 aromatic rings. The Balaban J connectivity index is 1.46. The summed E-state index contributed by atoms with van der Waals surface area (Å²) in [5.41, 5.74) is 2.05. The van der Waals surface area contributed by atoms with Crippen molar-refractivity contribution >= 4 is 17.5 Å². The quantitative estimate of drug-likeness (QED) is 0.759. The molecule has 146 valence electrons. The molecule has 3 rings (SSSR count). The molecule has 1 aliphatic heterocycles. The number of hydrogen-bond acceptors (Lipinski definition) is 5. The molecule has 1 aliphatic rings. The molecule has 6 nitrogen and oxygen atoms in total. The van der Waals surface area contributed by atoms with E-state index in [-0.39, 0.29) is 11.9 Å². The van der Waals surface area contributed by atoms with E-state index < -0.39 is 0 Å². The number of aryl methyl sites for hydroxylation is 1. The van der Waals surface area contributed by atoms with E-state index >= 15 is 0 Å². The monoisotopic (exact) mass is 390 g/mol. The number of carbonyl (C=O) groups excluding carboxylic acids is 1. The van der Waals surface area contributed by atoms with Gasteiger partial charge in [-0.25, -0.2) is 0 Å². The van der Waals surface area contributed by atoms with E-state index in [1.807, 2.05) is 56.1 Å². The molecule has 0 N–H and O–H groups in total. The molecule has 0 saturated carbocycles. The maximum absolute atomic E-state index is 12.7. The number of amides is 1. The zero-order valence-electron chi connectivity index (χ0n) is 16.2. The third-order valence-electron chi connectivity index (χ3n) is 5.21. The second-order valence-electron chi connectivity index (χ2n) is 7.21. The number of benzene rings is 1. The average Bonchev–Trinajstić information content (AvgIpc) is 3.07. The Labute approximate surface area is 165 Å². The molecule has 1 aromatic heterocycles. The first-order valence-corrected chi connectivity index (χ1v) is 9.68. The van der Waals surface area contributed by atoms with Crippen LogP contribution < -0.4 is 0 Å². The normalized spacial score (nSPS) is 17.0. The Morgan fingerprint density at radius 3 is 2.44 bits per heavy atom. The number of piperazine rings is 1. The lowest BCUT2D eigenvalue weighted by Crippen LogP contribution is -2.49. The first-order valence-electron chi connectivity index (χ1n) is 9.30. The summed E-state index contributed by atoms with van der Waals surface area (Å²) in [6.07, 6.45) is 0. The van der Waals surface area contributed by atoms with Crippen molar-refractivity contribution in [2.45, 2.75) is 26.4 Å². The lowest BCUT2D eigenvalue weighted by molar-refractivity contribution is -0.133. The van der Waals surface area contributed by atoms with Crippen LogP contribution >= 0.6 is 11.6 Å². The van der Waals surface area contributed by atoms with Crippen LogP contribution in [0.2, 0.25) is 5.02 Å². The van der Waals surface area contributed by atoms with Crippen molar-refractivity contribution < 1.29 is 9.32 Å². The second kappa shape index (κ2) is 8.87. The van der Waals surface area contributed by atoms with Gasteiger partial charge in [-0.3, -0.25) is 14.6 Å². The summed E-state index contributed by atoms with van der Waals surface area (Å²) in [5.74, 6) is 0.977. The third-order valence-corrected chi connectivity index (χ3v) is 5.46. The van der Waals surface area contributed by atoms with Gasteiger partial charge >= 0.3 is 0 Å². The zero-order chi connectivity index (χ0) is 19.4. The minimum atomic E-state index is 0.0199. The highest BCUT2D eigenvalue weighted by molar-refractivity contribution is 6.30. The van der Waals surface area contributed by atoms with E-state index in [0.717, 1.165) is 49.7 Å². The maximum atomic E-state index is 12.7. The van der Waals surface area contributed by atoms with Gasteiger partial charge in [0.05, 0.1) is 18.3 Å². The van der Waals surface area contributed by atoms with E-state index in [9.17, 15) is 4.79 Å². The number of aromatic nitrogens is 1. The van der Waals surface area contributed by atoms with Crippen LogP contribution in [0.15, 0.2) is 34.9 Å². The molecule has 7 heteroatoms. The fourth-order valence-corrected chi connectivity index (χ4v) is 3.44. The summed E-state index contributed by atoms with van der Waals surface area (Å²) >= 11 is 5.95. The molecule has 0 bridgehead atoms. The average molecular weight is 391 g/mol. The molecule has 1 aromatic carbocycles. The van der Waals surface area contributed by atoms with Crippen LogP contribution in [0.1, 0.15) is 30.0 Å². The standard InChI is InChI=1S/C20H27ClN4O2/c1-15-12-19(22-27-15)13-24-8-10-25(11-9-24)14-20(26)23(3)16(2)17-4-6-18(21)7-5-17/h4-7,12,16H,8-11,13-14H2,1-3H3. The summed E-state index contributed by atoms with van der Waals surface area (Å²) in [7, 11) is 1.87. The van der Waals surface area contributed by atoms with Crippen LogP contribution in [0.3, 0.4) is 0 Å². The minimum Gasteiger partial charge on any atom is -0.361 e. The predicted octanol–water partition coefficient (Wildman–Crippen LogP) is 2.97. The highest BCUT2D eigenvalue weighted by Crippen LogP contribution is 2.21. The van der Waals surface area contributed by atoms with Gasteiger partial charge in [-0.1, -0.05) is 28.9 Å². The van der Waals surface area contributed by atoms with Crippen LogP contribution in [0, 0.1) is 6.92 Å². The van der Waals surface area contributed by atoms with Crippen LogP contribution in [-0.4, -0.2) is 65.5 Å². The van der Waals surface area contributed by atoms with Crippen molar-refractivity contribution in [2.75, 3.05) is 39.8 Å². The molecule has 27 heavy (non-hydrogen) atoms. The molecule has 1 fully saturated rings. The van der Waals surface area contributed by atoms with Crippen molar-refractivity contribution in [3.05, 3.63) is 52.4 Å². The molecule has 1 atom stereocenters. The third kappa shape index (κ3) is 5.31. The van der Waals surface area contributed by atoms with Crippen molar-refractivity contribution in [3.63, 3.8) is 0 Å². The van der Waals surface area contributed by atoms with Gasteiger partial charge < -0.3 is 9.42 Å². The highest BCUT2D eigenvalue weighted by Gasteiger charge is 2.23. The maximum Gasteiger partial charge on any atom is 0.236 e. The molecular formula is C20H27ClN4O2. The summed E-state index contributed by atoms with van der Waals surface area (Å²) in [6.45, 7) is 8.81. The Hall–Kier alpha value is -1.89. The summed E-state index contributed by atoms with van der Waals surface area (Å²) in [4.78, 5) is 19.1. The second-order valence-corrected chi connectivity index (χ2v) is 7.65. The molecule has 1 saturated heterocycles. The van der Waals surface area contributed by atoms with E-state index in [1.54, 1.807) is 0 Å². The summed E-state index contributed by atoms with van der Waals surface area (Å²) in [5, 5.41) is 4.76. The summed E-state index contributed by atoms with van der Waals surface area (Å²) < 4.78 is 5.13. The van der Waals surface area contributed by atoms with Gasteiger partial charge in [0.1, 0.15) is 5.76 Å². The minimum absolute atomic E-state index is 0.0199. The van der Waals surface area contributed by atoms with Crippen LogP contribution in [0.25, 0.3) is 0 Å². The van der Waals surface area contributed by atoms with E-state index in [0.29, 0.717) is 11.6 Å². The van der Waals surface area contributed by atoms with Crippen LogP contribution in [-0.2, 0) is 11.3 Å². The van der Waals surface area contributed by atoms with Crippen LogP contribution in [0.4, 0.5) is 0 Å². The fraction of sp³-hybridized carbons (Fsp3) is 0.500.